The topological polar surface area (TPSA) is 233 Å². The zero-order chi connectivity index (χ0) is 20.0. The van der Waals surface area contributed by atoms with E-state index in [1.54, 1.807) is 0 Å². The van der Waals surface area contributed by atoms with Crippen molar-refractivity contribution in [3.05, 3.63) is 11.8 Å². The largest absolute Gasteiger partial charge is 0.477 e. The molecule has 13 heteroatoms. The third-order valence-corrected chi connectivity index (χ3v) is 3.33. The Morgan fingerprint density at radius 1 is 1.38 bits per heavy atom. The van der Waals surface area contributed by atoms with E-state index in [9.17, 15) is 29.7 Å². The molecule has 1 aliphatic heterocycles. The minimum absolute atomic E-state index is 0.415. The number of carboxylic acids is 1. The number of nitrogens with zero attached hydrogens (tertiary/aromatic N) is 1. The molecule has 26 heavy (non-hydrogen) atoms. The number of nitrogens with two attached hydrogens (primary N) is 3. The van der Waals surface area contributed by atoms with Crippen molar-refractivity contribution in [3.63, 3.8) is 0 Å². The molecule has 146 valence electrons. The van der Waals surface area contributed by atoms with E-state index in [-0.39, 0.29) is 0 Å². The lowest BCUT2D eigenvalue weighted by Gasteiger charge is -2.39. The van der Waals surface area contributed by atoms with Gasteiger partial charge in [0.05, 0.1) is 18.7 Å². The second kappa shape index (κ2) is 8.87. The number of aliphatic hydroxyl groups excluding tert-OH is 2. The number of aliphatic imine (C=N–C) groups is 1. The van der Waals surface area contributed by atoms with Crippen molar-refractivity contribution in [1.29, 1.82) is 0 Å². The molecule has 0 saturated heterocycles. The van der Waals surface area contributed by atoms with Gasteiger partial charge in [-0.15, -0.1) is 0 Å². The fourth-order valence-corrected chi connectivity index (χ4v) is 2.40. The van der Waals surface area contributed by atoms with E-state index in [4.69, 9.17) is 26.7 Å². The van der Waals surface area contributed by atoms with E-state index in [1.807, 2.05) is 0 Å². The van der Waals surface area contributed by atoms with Crippen molar-refractivity contribution in [1.82, 2.24) is 5.32 Å². The number of ether oxygens (including phenoxy) is 2. The predicted molar refractivity (Wildman–Crippen MR) is 85.3 cm³/mol. The van der Waals surface area contributed by atoms with Crippen LogP contribution in [-0.4, -0.2) is 76.3 Å². The van der Waals surface area contributed by atoms with Gasteiger partial charge in [-0.2, -0.15) is 0 Å². The Kier molecular flexibility index (Phi) is 7.16. The van der Waals surface area contributed by atoms with E-state index < -0.39 is 66.7 Å². The standard InChI is InChI=1S/C13H21N5O8/c1-4(20)17-8-5(18-12(14)15)2-7(11(22)23)25-10(8)9(6(21)3-19)26-13(16)24/h2,5-6,8-10,19,21H,3H2,1H3,(H2,16,24)(H,17,20)(H,22,23)(H4,14,15,18). The molecule has 1 heterocycles. The zero-order valence-electron chi connectivity index (χ0n) is 13.7. The van der Waals surface area contributed by atoms with Crippen molar-refractivity contribution in [3.8, 4) is 0 Å². The normalized spacial score (nSPS) is 24.3. The first-order valence-electron chi connectivity index (χ1n) is 7.29. The Bertz CT molecular complexity index is 618. The minimum atomic E-state index is -1.70. The summed E-state index contributed by atoms with van der Waals surface area (Å²) in [5.74, 6) is -3.09. The number of carbonyl (C=O) groups excluding carboxylic acids is 2. The van der Waals surface area contributed by atoms with Crippen LogP contribution >= 0.6 is 0 Å². The van der Waals surface area contributed by atoms with Crippen LogP contribution in [-0.2, 0) is 19.1 Å². The van der Waals surface area contributed by atoms with Gasteiger partial charge in [-0.05, 0) is 6.08 Å². The van der Waals surface area contributed by atoms with Crippen molar-refractivity contribution in [2.75, 3.05) is 6.61 Å². The van der Waals surface area contributed by atoms with E-state index in [2.05, 4.69) is 10.3 Å². The van der Waals surface area contributed by atoms with Crippen molar-refractivity contribution in [2.45, 2.75) is 37.3 Å². The van der Waals surface area contributed by atoms with Gasteiger partial charge in [0.15, 0.2) is 18.2 Å². The second-order valence-corrected chi connectivity index (χ2v) is 5.34. The fraction of sp³-hybridized carbons (Fsp3) is 0.538. The SMILES string of the molecule is CC(=O)NC1C(N=C(N)N)C=C(C(=O)O)OC1C(OC(N)=O)C(O)CO. The van der Waals surface area contributed by atoms with Crippen molar-refractivity contribution < 1.29 is 39.2 Å². The molecule has 0 radical (unpaired) electrons. The van der Waals surface area contributed by atoms with Gasteiger partial charge in [-0.3, -0.25) is 4.79 Å². The Balaban J connectivity index is 3.43. The molecular formula is C13H21N5O8. The monoisotopic (exact) mass is 375 g/mol. The Labute approximate surface area is 147 Å². The quantitative estimate of drug-likeness (QED) is 0.170. The average molecular weight is 375 g/mol. The van der Waals surface area contributed by atoms with E-state index in [0.717, 1.165) is 13.0 Å². The number of hydrogen-bond acceptors (Lipinski definition) is 8. The number of aliphatic carboxylic acids is 1. The maximum Gasteiger partial charge on any atom is 0.405 e. The van der Waals surface area contributed by atoms with Gasteiger partial charge in [0.25, 0.3) is 0 Å². The molecular weight excluding hydrogens is 354 g/mol. The van der Waals surface area contributed by atoms with Crippen LogP contribution in [0.25, 0.3) is 0 Å². The highest BCUT2D eigenvalue weighted by atomic mass is 16.6. The number of carbonyl (C=O) groups is 3. The van der Waals surface area contributed by atoms with E-state index >= 15 is 0 Å². The highest BCUT2D eigenvalue weighted by Gasteiger charge is 2.46. The summed E-state index contributed by atoms with van der Waals surface area (Å²) in [4.78, 5) is 37.8. The summed E-state index contributed by atoms with van der Waals surface area (Å²) in [5.41, 5.74) is 15.6. The Hall–Kier alpha value is -3.06. The Morgan fingerprint density at radius 2 is 2.00 bits per heavy atom. The molecule has 0 bridgehead atoms. The van der Waals surface area contributed by atoms with E-state index in [1.165, 1.54) is 0 Å². The summed E-state index contributed by atoms with van der Waals surface area (Å²) in [6.45, 7) is 0.288. The minimum Gasteiger partial charge on any atom is -0.477 e. The molecule has 0 aromatic carbocycles. The summed E-state index contributed by atoms with van der Waals surface area (Å²) in [5, 5.41) is 30.8. The molecule has 0 aromatic rings. The summed E-state index contributed by atoms with van der Waals surface area (Å²) in [7, 11) is 0. The van der Waals surface area contributed by atoms with Gasteiger partial charge < -0.3 is 47.3 Å². The maximum absolute atomic E-state index is 11.5. The van der Waals surface area contributed by atoms with Crippen LogP contribution in [0.4, 0.5) is 4.79 Å². The third-order valence-electron chi connectivity index (χ3n) is 3.33. The van der Waals surface area contributed by atoms with Crippen LogP contribution in [0.1, 0.15) is 6.92 Å². The lowest BCUT2D eigenvalue weighted by Crippen LogP contribution is -2.61. The van der Waals surface area contributed by atoms with Gasteiger partial charge in [-0.1, -0.05) is 0 Å². The van der Waals surface area contributed by atoms with Crippen molar-refractivity contribution >= 4 is 23.9 Å². The molecule has 2 amide bonds. The third kappa shape index (κ3) is 5.49. The number of primary amides is 1. The number of guanidine groups is 1. The van der Waals surface area contributed by atoms with Crippen molar-refractivity contribution in [2.24, 2.45) is 22.2 Å². The van der Waals surface area contributed by atoms with Gasteiger partial charge >= 0.3 is 12.1 Å². The van der Waals surface area contributed by atoms with Crippen LogP contribution < -0.4 is 22.5 Å². The molecule has 1 rings (SSSR count). The predicted octanol–water partition coefficient (Wildman–Crippen LogP) is -3.68. The number of amides is 2. The number of aliphatic hydroxyl groups is 2. The summed E-state index contributed by atoms with van der Waals surface area (Å²) >= 11 is 0. The molecule has 5 atom stereocenters. The average Bonchev–Trinajstić information content (AvgIpc) is 2.52. The first kappa shape index (κ1) is 21.0. The Morgan fingerprint density at radius 3 is 2.42 bits per heavy atom. The molecule has 0 spiro atoms. The van der Waals surface area contributed by atoms with Gasteiger partial charge in [0, 0.05) is 6.92 Å². The van der Waals surface area contributed by atoms with Crippen LogP contribution in [0, 0.1) is 0 Å². The number of nitrogens with one attached hydrogen (secondary N) is 1. The summed E-state index contributed by atoms with van der Waals surface area (Å²) in [6, 6.07) is -2.28. The molecule has 1 aliphatic rings. The second-order valence-electron chi connectivity index (χ2n) is 5.34. The maximum atomic E-state index is 11.5. The molecule has 10 N–H and O–H groups in total. The number of carboxylic acid groups (broad SMARTS) is 1. The molecule has 0 saturated carbocycles. The van der Waals surface area contributed by atoms with Gasteiger partial charge in [0.2, 0.25) is 11.7 Å². The van der Waals surface area contributed by atoms with Crippen LogP contribution in [0.2, 0.25) is 0 Å². The molecule has 13 nitrogen and oxygen atoms in total. The van der Waals surface area contributed by atoms with Gasteiger partial charge in [-0.25, -0.2) is 14.6 Å². The lowest BCUT2D eigenvalue weighted by atomic mass is 9.92. The van der Waals surface area contributed by atoms with Crippen LogP contribution in [0.5, 0.6) is 0 Å². The molecule has 0 aromatic heterocycles. The number of hydrogen-bond donors (Lipinski definition) is 7. The first-order valence-corrected chi connectivity index (χ1v) is 7.29. The highest BCUT2D eigenvalue weighted by Crippen LogP contribution is 2.26. The molecule has 0 aliphatic carbocycles. The highest BCUT2D eigenvalue weighted by molar-refractivity contribution is 5.85. The van der Waals surface area contributed by atoms with Crippen LogP contribution in [0.15, 0.2) is 16.8 Å². The fourth-order valence-electron chi connectivity index (χ4n) is 2.40. The number of rotatable bonds is 7. The molecule has 5 unspecified atom stereocenters. The smallest absolute Gasteiger partial charge is 0.405 e. The molecule has 0 fully saturated rings. The van der Waals surface area contributed by atoms with E-state index in [0.29, 0.717) is 0 Å². The summed E-state index contributed by atoms with van der Waals surface area (Å²) < 4.78 is 10.0. The van der Waals surface area contributed by atoms with Crippen LogP contribution in [0.3, 0.4) is 0 Å². The van der Waals surface area contributed by atoms with Gasteiger partial charge in [0.1, 0.15) is 6.10 Å². The summed E-state index contributed by atoms with van der Waals surface area (Å²) in [6.07, 6.45) is -5.09. The first-order chi connectivity index (χ1) is 12.1. The lowest BCUT2D eigenvalue weighted by molar-refractivity contribution is -0.145. The zero-order valence-corrected chi connectivity index (χ0v) is 13.7.